The number of piperidine rings is 1. The van der Waals surface area contributed by atoms with Gasteiger partial charge in [-0.25, -0.2) is 4.39 Å². The van der Waals surface area contributed by atoms with Crippen LogP contribution in [0.4, 0.5) is 4.39 Å². The summed E-state index contributed by atoms with van der Waals surface area (Å²) in [6.45, 7) is 2.32. The average Bonchev–Trinajstić information content (AvgIpc) is 2.89. The van der Waals surface area contributed by atoms with E-state index in [1.807, 2.05) is 0 Å². The number of carbonyl (C=O) groups excluding carboxylic acids is 1. The zero-order valence-corrected chi connectivity index (χ0v) is 12.7. The molecule has 2 atom stereocenters. The molecule has 2 heterocycles. The molecule has 2 saturated heterocycles. The minimum Gasteiger partial charge on any atom is -0.356 e. The molecule has 5 heteroatoms. The van der Waals surface area contributed by atoms with Crippen LogP contribution in [0.25, 0.3) is 0 Å². The van der Waals surface area contributed by atoms with Crippen LogP contribution in [0.3, 0.4) is 0 Å². The van der Waals surface area contributed by atoms with Gasteiger partial charge >= 0.3 is 0 Å². The van der Waals surface area contributed by atoms with Crippen molar-refractivity contribution >= 4 is 17.5 Å². The molecule has 2 aliphatic rings. The Morgan fingerprint density at radius 2 is 2.24 bits per heavy atom. The summed E-state index contributed by atoms with van der Waals surface area (Å²) in [6.07, 6.45) is 4.02. The Hall–Kier alpha value is -1.13. The van der Waals surface area contributed by atoms with Crippen molar-refractivity contribution in [3.05, 3.63) is 34.6 Å². The number of benzene rings is 1. The van der Waals surface area contributed by atoms with Gasteiger partial charge in [0.05, 0.1) is 0 Å². The fourth-order valence-corrected chi connectivity index (χ4v) is 3.67. The average molecular weight is 311 g/mol. The Balaban J connectivity index is 1.73. The second-order valence-corrected chi connectivity index (χ2v) is 6.47. The molecular weight excluding hydrogens is 291 g/mol. The van der Waals surface area contributed by atoms with Gasteiger partial charge in [0.1, 0.15) is 5.82 Å². The topological polar surface area (TPSA) is 32.3 Å². The van der Waals surface area contributed by atoms with Crippen LogP contribution in [0.15, 0.2) is 18.2 Å². The maximum Gasteiger partial charge on any atom is 0.220 e. The second-order valence-electron chi connectivity index (χ2n) is 6.04. The number of rotatable bonds is 3. The van der Waals surface area contributed by atoms with Gasteiger partial charge in [-0.2, -0.15) is 0 Å². The summed E-state index contributed by atoms with van der Waals surface area (Å²) in [4.78, 5) is 13.8. The predicted octanol–water partition coefficient (Wildman–Crippen LogP) is 2.97. The Kier molecular flexibility index (Phi) is 4.45. The summed E-state index contributed by atoms with van der Waals surface area (Å²) in [5.74, 6) is 0.254. The van der Waals surface area contributed by atoms with Crippen LogP contribution in [0.5, 0.6) is 0 Å². The Bertz CT molecular complexity index is 537. The van der Waals surface area contributed by atoms with Crippen molar-refractivity contribution in [2.75, 3.05) is 13.1 Å². The first-order valence-electron chi connectivity index (χ1n) is 7.58. The largest absolute Gasteiger partial charge is 0.356 e. The van der Waals surface area contributed by atoms with Crippen LogP contribution in [0.1, 0.15) is 31.2 Å². The summed E-state index contributed by atoms with van der Waals surface area (Å²) in [7, 11) is 0. The van der Waals surface area contributed by atoms with Gasteiger partial charge in [-0.3, -0.25) is 9.69 Å². The number of nitrogens with zero attached hydrogens (tertiary/aromatic N) is 1. The molecule has 0 radical (unpaired) electrons. The standard InChI is InChI=1S/C16H20ClFN2O/c17-13-5-4-11(14(18)8-13)10-20-6-2-1-3-15(20)12-7-16(21)19-9-12/h4-5,8,12,15H,1-3,6-7,9-10H2,(H,19,21)/t12-,15-/m1/s1. The number of carbonyl (C=O) groups is 1. The molecule has 0 bridgehead atoms. The highest BCUT2D eigenvalue weighted by Crippen LogP contribution is 2.29. The molecule has 2 aliphatic heterocycles. The van der Waals surface area contributed by atoms with E-state index in [4.69, 9.17) is 11.6 Å². The van der Waals surface area contributed by atoms with E-state index >= 15 is 0 Å². The SMILES string of the molecule is O=C1C[C@@H]([C@H]2CCCCN2Cc2ccc(Cl)cc2F)CN1. The molecule has 2 fully saturated rings. The summed E-state index contributed by atoms with van der Waals surface area (Å²) in [5.41, 5.74) is 0.684. The van der Waals surface area contributed by atoms with Gasteiger partial charge in [-0.1, -0.05) is 24.1 Å². The molecule has 3 rings (SSSR count). The van der Waals surface area contributed by atoms with E-state index in [0.29, 0.717) is 35.5 Å². The zero-order chi connectivity index (χ0) is 14.8. The molecule has 0 aliphatic carbocycles. The fourth-order valence-electron chi connectivity index (χ4n) is 3.52. The van der Waals surface area contributed by atoms with Crippen molar-refractivity contribution in [1.29, 1.82) is 0 Å². The van der Waals surface area contributed by atoms with Crippen molar-refractivity contribution in [2.24, 2.45) is 5.92 Å². The van der Waals surface area contributed by atoms with E-state index in [9.17, 15) is 9.18 Å². The zero-order valence-electron chi connectivity index (χ0n) is 11.9. The molecule has 1 aromatic carbocycles. The number of hydrogen-bond acceptors (Lipinski definition) is 2. The van der Waals surface area contributed by atoms with Crippen LogP contribution in [-0.4, -0.2) is 29.9 Å². The van der Waals surface area contributed by atoms with Crippen molar-refractivity contribution in [3.8, 4) is 0 Å². The van der Waals surface area contributed by atoms with Crippen LogP contribution in [0.2, 0.25) is 5.02 Å². The van der Waals surface area contributed by atoms with Crippen molar-refractivity contribution in [1.82, 2.24) is 10.2 Å². The minimum atomic E-state index is -0.243. The summed E-state index contributed by atoms with van der Waals surface area (Å²) < 4.78 is 14.0. The lowest BCUT2D eigenvalue weighted by Gasteiger charge is -2.38. The van der Waals surface area contributed by atoms with Gasteiger partial charge in [-0.15, -0.1) is 0 Å². The number of nitrogens with one attached hydrogen (secondary N) is 1. The van der Waals surface area contributed by atoms with E-state index in [1.165, 1.54) is 12.5 Å². The number of likely N-dealkylation sites (tertiary alicyclic amines) is 1. The van der Waals surface area contributed by atoms with Gasteiger partial charge in [0.2, 0.25) is 5.91 Å². The molecule has 0 saturated carbocycles. The first kappa shape index (κ1) is 14.8. The Labute approximate surface area is 129 Å². The maximum atomic E-state index is 14.0. The van der Waals surface area contributed by atoms with Crippen molar-refractivity contribution < 1.29 is 9.18 Å². The maximum absolute atomic E-state index is 14.0. The Morgan fingerprint density at radius 3 is 2.95 bits per heavy atom. The highest BCUT2D eigenvalue weighted by atomic mass is 35.5. The summed E-state index contributed by atoms with van der Waals surface area (Å²) in [5, 5.41) is 3.34. The third-order valence-electron chi connectivity index (χ3n) is 4.61. The van der Waals surface area contributed by atoms with E-state index in [1.54, 1.807) is 12.1 Å². The van der Waals surface area contributed by atoms with Crippen LogP contribution < -0.4 is 5.32 Å². The van der Waals surface area contributed by atoms with Gasteiger partial charge in [0, 0.05) is 42.1 Å². The van der Waals surface area contributed by atoms with E-state index in [0.717, 1.165) is 25.9 Å². The number of halogens is 2. The lowest BCUT2D eigenvalue weighted by atomic mass is 9.89. The van der Waals surface area contributed by atoms with Crippen LogP contribution in [-0.2, 0) is 11.3 Å². The van der Waals surface area contributed by atoms with E-state index in [-0.39, 0.29) is 11.7 Å². The number of hydrogen-bond donors (Lipinski definition) is 1. The normalized spacial score (nSPS) is 26.9. The first-order chi connectivity index (χ1) is 10.1. The van der Waals surface area contributed by atoms with Gasteiger partial charge in [-0.05, 0) is 31.5 Å². The summed E-state index contributed by atoms with van der Waals surface area (Å²) in [6, 6.07) is 5.24. The molecule has 114 valence electrons. The molecule has 1 N–H and O–H groups in total. The molecule has 21 heavy (non-hydrogen) atoms. The van der Waals surface area contributed by atoms with Crippen LogP contribution in [0, 0.1) is 11.7 Å². The second kappa shape index (κ2) is 6.32. The highest BCUT2D eigenvalue weighted by molar-refractivity contribution is 6.30. The molecule has 0 aromatic heterocycles. The summed E-state index contributed by atoms with van der Waals surface area (Å²) >= 11 is 5.81. The smallest absolute Gasteiger partial charge is 0.220 e. The van der Waals surface area contributed by atoms with E-state index in [2.05, 4.69) is 10.2 Å². The van der Waals surface area contributed by atoms with Gasteiger partial charge < -0.3 is 5.32 Å². The minimum absolute atomic E-state index is 0.142. The molecule has 3 nitrogen and oxygen atoms in total. The lowest BCUT2D eigenvalue weighted by molar-refractivity contribution is -0.119. The molecule has 0 unspecified atom stereocenters. The third kappa shape index (κ3) is 3.38. The highest BCUT2D eigenvalue weighted by Gasteiger charge is 2.34. The van der Waals surface area contributed by atoms with Gasteiger partial charge in [0.25, 0.3) is 0 Å². The van der Waals surface area contributed by atoms with Crippen LogP contribution >= 0.6 is 11.6 Å². The number of amides is 1. The lowest BCUT2D eigenvalue weighted by Crippen LogP contribution is -2.44. The Morgan fingerprint density at radius 1 is 1.38 bits per heavy atom. The molecule has 1 aromatic rings. The first-order valence-corrected chi connectivity index (χ1v) is 7.96. The third-order valence-corrected chi connectivity index (χ3v) is 4.84. The van der Waals surface area contributed by atoms with E-state index < -0.39 is 0 Å². The van der Waals surface area contributed by atoms with Crippen molar-refractivity contribution in [3.63, 3.8) is 0 Å². The van der Waals surface area contributed by atoms with Gasteiger partial charge in [0.15, 0.2) is 0 Å². The molecular formula is C16H20ClFN2O. The van der Waals surface area contributed by atoms with Crippen molar-refractivity contribution in [2.45, 2.75) is 38.3 Å². The monoisotopic (exact) mass is 310 g/mol. The quantitative estimate of drug-likeness (QED) is 0.931. The predicted molar refractivity (Wildman–Crippen MR) is 80.6 cm³/mol. The molecule has 0 spiro atoms. The fraction of sp³-hybridized carbons (Fsp3) is 0.562. The molecule has 1 amide bonds.